The first kappa shape index (κ1) is 16.7. The average Bonchev–Trinajstić information content (AvgIpc) is 3.04. The number of carboxylic acids is 1. The summed E-state index contributed by atoms with van der Waals surface area (Å²) >= 11 is 0. The highest BCUT2D eigenvalue weighted by molar-refractivity contribution is 7.89. The molecule has 2 N–H and O–H groups in total. The normalized spacial score (nSPS) is 23.8. The number of hydrogen-bond acceptors (Lipinski definition) is 5. The van der Waals surface area contributed by atoms with Crippen molar-refractivity contribution >= 4 is 21.9 Å². The Morgan fingerprint density at radius 2 is 2.17 bits per heavy atom. The fourth-order valence-electron chi connectivity index (χ4n) is 3.25. The van der Waals surface area contributed by atoms with Crippen LogP contribution in [0.1, 0.15) is 12.0 Å². The van der Waals surface area contributed by atoms with Crippen LogP contribution in [0, 0.1) is 5.92 Å². The van der Waals surface area contributed by atoms with Gasteiger partial charge in [0, 0.05) is 31.5 Å². The molecular formula is C15H18N2O6S. The number of carboxylic acid groups (broad SMARTS) is 1. The van der Waals surface area contributed by atoms with Crippen molar-refractivity contribution in [2.45, 2.75) is 23.8 Å². The Kier molecular flexibility index (Phi) is 4.22. The third-order valence-electron chi connectivity index (χ3n) is 4.40. The maximum atomic E-state index is 13.0. The molecule has 2 saturated heterocycles. The highest BCUT2D eigenvalue weighted by atomic mass is 32.2. The molecule has 0 aliphatic carbocycles. The average molecular weight is 354 g/mol. The molecule has 0 saturated carbocycles. The third-order valence-corrected chi connectivity index (χ3v) is 6.26. The van der Waals surface area contributed by atoms with Crippen molar-refractivity contribution in [3.05, 3.63) is 23.8 Å². The number of methoxy groups -OCH3 is 1. The molecule has 2 heterocycles. The lowest BCUT2D eigenvalue weighted by atomic mass is 10.1. The number of ether oxygens (including phenoxy) is 1. The van der Waals surface area contributed by atoms with Gasteiger partial charge in [0.1, 0.15) is 10.6 Å². The molecule has 0 spiro atoms. The number of nitrogens with one attached hydrogen (secondary N) is 1. The highest BCUT2D eigenvalue weighted by Crippen LogP contribution is 2.33. The van der Waals surface area contributed by atoms with Crippen LogP contribution in [0.2, 0.25) is 0 Å². The monoisotopic (exact) mass is 354 g/mol. The number of hydrogen-bond donors (Lipinski definition) is 2. The summed E-state index contributed by atoms with van der Waals surface area (Å²) in [7, 11) is -2.47. The van der Waals surface area contributed by atoms with Gasteiger partial charge < -0.3 is 15.2 Å². The minimum atomic E-state index is -3.84. The van der Waals surface area contributed by atoms with E-state index >= 15 is 0 Å². The van der Waals surface area contributed by atoms with Crippen molar-refractivity contribution in [2.24, 2.45) is 5.92 Å². The van der Waals surface area contributed by atoms with Gasteiger partial charge in [0.15, 0.2) is 0 Å². The largest absolute Gasteiger partial charge is 0.495 e. The van der Waals surface area contributed by atoms with Crippen LogP contribution in [-0.2, 0) is 26.0 Å². The molecule has 8 nitrogen and oxygen atoms in total. The first-order valence-electron chi connectivity index (χ1n) is 7.49. The van der Waals surface area contributed by atoms with Crippen molar-refractivity contribution in [2.75, 3.05) is 20.2 Å². The van der Waals surface area contributed by atoms with Gasteiger partial charge >= 0.3 is 5.97 Å². The molecule has 2 fully saturated rings. The van der Waals surface area contributed by atoms with Crippen LogP contribution in [0.3, 0.4) is 0 Å². The van der Waals surface area contributed by atoms with Crippen molar-refractivity contribution in [1.29, 1.82) is 0 Å². The van der Waals surface area contributed by atoms with Crippen molar-refractivity contribution in [3.8, 4) is 5.75 Å². The van der Waals surface area contributed by atoms with Crippen molar-refractivity contribution in [1.82, 2.24) is 9.62 Å². The Hall–Kier alpha value is -2.13. The van der Waals surface area contributed by atoms with Gasteiger partial charge in [-0.15, -0.1) is 0 Å². The number of benzene rings is 1. The standard InChI is InChI=1S/C15H18N2O6S/c1-23-12-3-2-9(5-15(19)20)4-13(12)24(21,22)17-7-10-6-14(18)16-11(10)8-17/h2-4,10-11H,5-8H2,1H3,(H,16,18)(H,19,20)/t10-,11+/m0/s1. The van der Waals surface area contributed by atoms with E-state index in [0.717, 1.165) is 0 Å². The lowest BCUT2D eigenvalue weighted by Gasteiger charge is -2.19. The Morgan fingerprint density at radius 3 is 2.79 bits per heavy atom. The molecule has 2 aliphatic heterocycles. The fraction of sp³-hybridized carbons (Fsp3) is 0.467. The number of carbonyl (C=O) groups excluding carboxylic acids is 1. The van der Waals surface area contributed by atoms with Gasteiger partial charge in [-0.25, -0.2) is 8.42 Å². The number of amides is 1. The summed E-state index contributed by atoms with van der Waals surface area (Å²) in [5, 5.41) is 11.7. The van der Waals surface area contributed by atoms with E-state index in [0.29, 0.717) is 12.0 Å². The number of fused-ring (bicyclic) bond motifs is 1. The molecule has 2 atom stereocenters. The molecule has 1 amide bonds. The fourth-order valence-corrected chi connectivity index (χ4v) is 4.98. The Balaban J connectivity index is 1.92. The van der Waals surface area contributed by atoms with Gasteiger partial charge in [-0.1, -0.05) is 6.07 Å². The van der Waals surface area contributed by atoms with Crippen LogP contribution in [0.25, 0.3) is 0 Å². The zero-order valence-corrected chi connectivity index (χ0v) is 13.9. The number of sulfonamides is 1. The zero-order chi connectivity index (χ0) is 17.5. The summed E-state index contributed by atoms with van der Waals surface area (Å²) in [4.78, 5) is 22.2. The molecule has 0 unspecified atom stereocenters. The molecule has 1 aromatic carbocycles. The van der Waals surface area contributed by atoms with E-state index in [1.807, 2.05) is 0 Å². The third kappa shape index (κ3) is 2.96. The summed E-state index contributed by atoms with van der Waals surface area (Å²) in [6, 6.07) is 4.17. The van der Waals surface area contributed by atoms with E-state index in [1.165, 1.54) is 29.6 Å². The maximum Gasteiger partial charge on any atom is 0.307 e. The SMILES string of the molecule is COc1ccc(CC(=O)O)cc1S(=O)(=O)N1C[C@@H]2CC(=O)N[C@@H]2C1. The Labute approximate surface area is 139 Å². The van der Waals surface area contributed by atoms with E-state index in [-0.39, 0.29) is 48.0 Å². The Bertz CT molecular complexity index is 775. The zero-order valence-electron chi connectivity index (χ0n) is 13.1. The van der Waals surface area contributed by atoms with Crippen molar-refractivity contribution in [3.63, 3.8) is 0 Å². The second-order valence-corrected chi connectivity index (χ2v) is 7.92. The van der Waals surface area contributed by atoms with Crippen LogP contribution < -0.4 is 10.1 Å². The van der Waals surface area contributed by atoms with E-state index in [4.69, 9.17) is 9.84 Å². The smallest absolute Gasteiger partial charge is 0.307 e. The van der Waals surface area contributed by atoms with Crippen molar-refractivity contribution < 1.29 is 27.9 Å². The van der Waals surface area contributed by atoms with Gasteiger partial charge in [-0.2, -0.15) is 4.31 Å². The van der Waals surface area contributed by atoms with Crippen LogP contribution in [-0.4, -0.2) is 55.9 Å². The quantitative estimate of drug-likeness (QED) is 0.759. The first-order valence-corrected chi connectivity index (χ1v) is 8.93. The summed E-state index contributed by atoms with van der Waals surface area (Å²) in [5.74, 6) is -0.948. The van der Waals surface area contributed by atoms with Crippen LogP contribution in [0.15, 0.2) is 23.1 Å². The lowest BCUT2D eigenvalue weighted by molar-refractivity contribution is -0.136. The highest BCUT2D eigenvalue weighted by Gasteiger charge is 2.45. The predicted octanol–water partition coefficient (Wildman–Crippen LogP) is -0.169. The summed E-state index contributed by atoms with van der Waals surface area (Å²) in [6.07, 6.45) is 0.0562. The molecule has 130 valence electrons. The molecule has 24 heavy (non-hydrogen) atoms. The number of nitrogens with zero attached hydrogens (tertiary/aromatic N) is 1. The molecule has 3 rings (SSSR count). The molecule has 1 aromatic rings. The van der Waals surface area contributed by atoms with Crippen LogP contribution in [0.5, 0.6) is 5.75 Å². The minimum absolute atomic E-state index is 0.0273. The van der Waals surface area contributed by atoms with E-state index in [9.17, 15) is 18.0 Å². The van der Waals surface area contributed by atoms with Gasteiger partial charge in [0.2, 0.25) is 15.9 Å². The molecule has 9 heteroatoms. The summed E-state index contributed by atoms with van der Waals surface area (Å²) in [6.45, 7) is 0.475. The maximum absolute atomic E-state index is 13.0. The second kappa shape index (κ2) is 6.06. The van der Waals surface area contributed by atoms with E-state index in [2.05, 4.69) is 5.32 Å². The number of rotatable bonds is 5. The summed E-state index contributed by atoms with van der Waals surface area (Å²) in [5.41, 5.74) is 0.384. The van der Waals surface area contributed by atoms with Gasteiger partial charge in [0.25, 0.3) is 0 Å². The lowest BCUT2D eigenvalue weighted by Crippen LogP contribution is -2.35. The molecule has 0 aromatic heterocycles. The molecule has 0 bridgehead atoms. The molecule has 0 radical (unpaired) electrons. The predicted molar refractivity (Wildman–Crippen MR) is 83.1 cm³/mol. The second-order valence-electron chi connectivity index (χ2n) is 6.02. The number of carbonyl (C=O) groups is 2. The van der Waals surface area contributed by atoms with Gasteiger partial charge in [-0.05, 0) is 17.7 Å². The Morgan fingerprint density at radius 1 is 1.42 bits per heavy atom. The van der Waals surface area contributed by atoms with E-state index < -0.39 is 16.0 Å². The summed E-state index contributed by atoms with van der Waals surface area (Å²) < 4.78 is 32.4. The number of aliphatic carboxylic acids is 1. The molecular weight excluding hydrogens is 336 g/mol. The van der Waals surface area contributed by atoms with Gasteiger partial charge in [0.05, 0.1) is 13.5 Å². The minimum Gasteiger partial charge on any atom is -0.495 e. The van der Waals surface area contributed by atoms with Gasteiger partial charge in [-0.3, -0.25) is 9.59 Å². The van der Waals surface area contributed by atoms with Crippen LogP contribution >= 0.6 is 0 Å². The molecule has 2 aliphatic rings. The van der Waals surface area contributed by atoms with E-state index in [1.54, 1.807) is 0 Å². The topological polar surface area (TPSA) is 113 Å². The van der Waals surface area contributed by atoms with Crippen LogP contribution in [0.4, 0.5) is 0 Å². The first-order chi connectivity index (χ1) is 11.3.